The number of nitriles is 1. The van der Waals surface area contributed by atoms with E-state index in [4.69, 9.17) is 5.26 Å². The van der Waals surface area contributed by atoms with Crippen LogP contribution in [0.4, 0.5) is 4.39 Å². The topological polar surface area (TPSA) is 23.8 Å². The van der Waals surface area contributed by atoms with Crippen molar-refractivity contribution in [2.24, 2.45) is 0 Å². The summed E-state index contributed by atoms with van der Waals surface area (Å²) < 4.78 is 12.7. The molecular formula is C8H8FN. The Balaban J connectivity index is 2.72. The average Bonchev–Trinajstić information content (AvgIpc) is 1.94. The molecular weight excluding hydrogens is 129 g/mol. The van der Waals surface area contributed by atoms with E-state index in [9.17, 15) is 4.39 Å². The Bertz CT molecular complexity index is 220. The maximum Gasteiger partial charge on any atom is 0.104 e. The highest BCUT2D eigenvalue weighted by Gasteiger charge is 2.05. The van der Waals surface area contributed by atoms with Crippen LogP contribution in [0.5, 0.6) is 0 Å². The Hall–Kier alpha value is -1.10. The molecule has 0 amide bonds. The molecule has 0 saturated heterocycles. The second kappa shape index (κ2) is 3.17. The summed E-state index contributed by atoms with van der Waals surface area (Å²) in [6.45, 7) is 0. The molecule has 1 rings (SSSR count). The predicted octanol–water partition coefficient (Wildman–Crippen LogP) is 2.47. The molecule has 0 aliphatic heterocycles. The van der Waals surface area contributed by atoms with Crippen molar-refractivity contribution in [3.8, 4) is 6.07 Å². The van der Waals surface area contributed by atoms with Crippen molar-refractivity contribution >= 4 is 0 Å². The van der Waals surface area contributed by atoms with Crippen LogP contribution in [0.25, 0.3) is 0 Å². The summed E-state index contributed by atoms with van der Waals surface area (Å²) in [6, 6.07) is 1.92. The number of hydrogen-bond donors (Lipinski definition) is 0. The van der Waals surface area contributed by atoms with Gasteiger partial charge in [-0.05, 0) is 12.0 Å². The van der Waals surface area contributed by atoms with E-state index >= 15 is 0 Å². The zero-order valence-corrected chi connectivity index (χ0v) is 5.60. The van der Waals surface area contributed by atoms with Crippen molar-refractivity contribution in [3.63, 3.8) is 0 Å². The van der Waals surface area contributed by atoms with Crippen LogP contribution in [0.3, 0.4) is 0 Å². The molecule has 2 heteroatoms. The van der Waals surface area contributed by atoms with Gasteiger partial charge in [-0.15, -0.1) is 0 Å². The van der Waals surface area contributed by atoms with Crippen LogP contribution in [0, 0.1) is 11.3 Å². The molecule has 0 aromatic carbocycles. The normalized spacial score (nSPS) is 17.2. The molecule has 0 N–H and O–H groups in total. The number of nitrogens with zero attached hydrogens (tertiary/aromatic N) is 1. The summed E-state index contributed by atoms with van der Waals surface area (Å²) in [5.41, 5.74) is 0.550. The monoisotopic (exact) mass is 137 g/mol. The van der Waals surface area contributed by atoms with Crippen LogP contribution >= 0.6 is 0 Å². The third-order valence-corrected chi connectivity index (χ3v) is 1.47. The fourth-order valence-electron chi connectivity index (χ4n) is 0.927. The van der Waals surface area contributed by atoms with Gasteiger partial charge in [0.05, 0.1) is 12.5 Å². The zero-order valence-electron chi connectivity index (χ0n) is 5.60. The summed E-state index contributed by atoms with van der Waals surface area (Å²) in [5.74, 6) is -0.121. The van der Waals surface area contributed by atoms with Gasteiger partial charge in [-0.1, -0.05) is 12.2 Å². The lowest BCUT2D eigenvalue weighted by molar-refractivity contribution is 0.575. The maximum atomic E-state index is 12.7. The number of halogens is 1. The van der Waals surface area contributed by atoms with Gasteiger partial charge in [0, 0.05) is 6.42 Å². The molecule has 1 aliphatic rings. The average molecular weight is 137 g/mol. The minimum absolute atomic E-state index is 0.121. The van der Waals surface area contributed by atoms with E-state index in [1.807, 2.05) is 12.1 Å². The SMILES string of the molecule is N#CCC1=C(F)CCC=C1. The highest BCUT2D eigenvalue weighted by Crippen LogP contribution is 2.21. The molecule has 0 unspecified atom stereocenters. The highest BCUT2D eigenvalue weighted by atomic mass is 19.1. The first kappa shape index (κ1) is 7.01. The minimum atomic E-state index is -0.121. The molecule has 0 saturated carbocycles. The Labute approximate surface area is 59.5 Å². The largest absolute Gasteiger partial charge is 0.211 e. The van der Waals surface area contributed by atoms with Gasteiger partial charge in [0.1, 0.15) is 5.83 Å². The van der Waals surface area contributed by atoms with Crippen molar-refractivity contribution in [3.05, 3.63) is 23.6 Å². The molecule has 1 aliphatic carbocycles. The molecule has 10 heavy (non-hydrogen) atoms. The molecule has 0 bridgehead atoms. The Morgan fingerprint density at radius 2 is 2.50 bits per heavy atom. The fourth-order valence-corrected chi connectivity index (χ4v) is 0.927. The van der Waals surface area contributed by atoms with Gasteiger partial charge >= 0.3 is 0 Å². The number of rotatable bonds is 1. The van der Waals surface area contributed by atoms with Crippen molar-refractivity contribution in [2.75, 3.05) is 0 Å². The van der Waals surface area contributed by atoms with E-state index in [0.717, 1.165) is 6.42 Å². The van der Waals surface area contributed by atoms with Crippen molar-refractivity contribution in [2.45, 2.75) is 19.3 Å². The van der Waals surface area contributed by atoms with Crippen LogP contribution in [0.2, 0.25) is 0 Å². The Morgan fingerprint density at radius 1 is 1.70 bits per heavy atom. The smallest absolute Gasteiger partial charge is 0.104 e. The summed E-state index contributed by atoms with van der Waals surface area (Å²) in [7, 11) is 0. The van der Waals surface area contributed by atoms with Crippen LogP contribution in [-0.2, 0) is 0 Å². The maximum absolute atomic E-state index is 12.7. The van der Waals surface area contributed by atoms with Crippen molar-refractivity contribution in [1.82, 2.24) is 0 Å². The minimum Gasteiger partial charge on any atom is -0.211 e. The number of hydrogen-bond acceptors (Lipinski definition) is 1. The van der Waals surface area contributed by atoms with Gasteiger partial charge in [0.25, 0.3) is 0 Å². The van der Waals surface area contributed by atoms with Gasteiger partial charge in [-0.3, -0.25) is 0 Å². The van der Waals surface area contributed by atoms with E-state index < -0.39 is 0 Å². The second-order valence-corrected chi connectivity index (χ2v) is 2.21. The predicted molar refractivity (Wildman–Crippen MR) is 36.7 cm³/mol. The first-order valence-corrected chi connectivity index (χ1v) is 3.25. The molecule has 0 heterocycles. The van der Waals surface area contributed by atoms with Crippen LogP contribution in [0.15, 0.2) is 23.6 Å². The first-order valence-electron chi connectivity index (χ1n) is 3.25. The second-order valence-electron chi connectivity index (χ2n) is 2.21. The van der Waals surface area contributed by atoms with E-state index in [1.54, 1.807) is 6.08 Å². The Kier molecular flexibility index (Phi) is 2.22. The molecule has 0 radical (unpaired) electrons. The third-order valence-electron chi connectivity index (χ3n) is 1.47. The first-order chi connectivity index (χ1) is 4.84. The van der Waals surface area contributed by atoms with Gasteiger partial charge < -0.3 is 0 Å². The molecule has 0 spiro atoms. The van der Waals surface area contributed by atoms with Crippen molar-refractivity contribution in [1.29, 1.82) is 5.26 Å². The fraction of sp³-hybridized carbons (Fsp3) is 0.375. The lowest BCUT2D eigenvalue weighted by atomic mass is 10.0. The van der Waals surface area contributed by atoms with Gasteiger partial charge in [0.2, 0.25) is 0 Å². The van der Waals surface area contributed by atoms with Crippen LogP contribution in [0.1, 0.15) is 19.3 Å². The van der Waals surface area contributed by atoms with E-state index in [-0.39, 0.29) is 12.2 Å². The van der Waals surface area contributed by atoms with E-state index in [1.165, 1.54) is 0 Å². The lowest BCUT2D eigenvalue weighted by Gasteiger charge is -2.04. The summed E-state index contributed by atoms with van der Waals surface area (Å²) in [5, 5.41) is 8.25. The lowest BCUT2D eigenvalue weighted by Crippen LogP contribution is -1.88. The van der Waals surface area contributed by atoms with E-state index in [0.29, 0.717) is 12.0 Å². The summed E-state index contributed by atoms with van der Waals surface area (Å²) in [6.07, 6.45) is 5.02. The van der Waals surface area contributed by atoms with Crippen molar-refractivity contribution < 1.29 is 4.39 Å². The zero-order chi connectivity index (χ0) is 7.40. The molecule has 52 valence electrons. The van der Waals surface area contributed by atoms with Crippen LogP contribution in [-0.4, -0.2) is 0 Å². The Morgan fingerprint density at radius 3 is 3.10 bits per heavy atom. The standard InChI is InChI=1S/C8H8FN/c9-8-4-2-1-3-7(8)5-6-10/h1,3H,2,4-5H2. The van der Waals surface area contributed by atoms with Crippen LogP contribution < -0.4 is 0 Å². The van der Waals surface area contributed by atoms with Gasteiger partial charge in [-0.25, -0.2) is 4.39 Å². The number of allylic oxidation sites excluding steroid dienone is 4. The van der Waals surface area contributed by atoms with Gasteiger partial charge in [-0.2, -0.15) is 5.26 Å². The summed E-state index contributed by atoms with van der Waals surface area (Å²) in [4.78, 5) is 0. The molecule has 0 aromatic heterocycles. The summed E-state index contributed by atoms with van der Waals surface area (Å²) >= 11 is 0. The quantitative estimate of drug-likeness (QED) is 0.544. The molecule has 0 atom stereocenters. The third kappa shape index (κ3) is 1.44. The molecule has 0 aromatic rings. The molecule has 1 nitrogen and oxygen atoms in total. The molecule has 0 fully saturated rings. The van der Waals surface area contributed by atoms with E-state index in [2.05, 4.69) is 0 Å². The highest BCUT2D eigenvalue weighted by molar-refractivity contribution is 5.28. The van der Waals surface area contributed by atoms with Gasteiger partial charge in [0.15, 0.2) is 0 Å².